The number of aliphatic hydroxyl groups is 1. The Hall–Kier alpha value is -1.59. The van der Waals surface area contributed by atoms with E-state index in [9.17, 15) is 9.90 Å². The summed E-state index contributed by atoms with van der Waals surface area (Å²) in [6.45, 7) is 5.24. The van der Waals surface area contributed by atoms with Crippen molar-refractivity contribution in [2.45, 2.75) is 44.8 Å². The minimum Gasteiger partial charge on any atom is -0.496 e. The topological polar surface area (TPSA) is 53.0 Å². The number of methoxy groups -OCH3 is 1. The molecule has 0 aromatic heterocycles. The van der Waals surface area contributed by atoms with Gasteiger partial charge in [-0.1, -0.05) is 12.1 Å². The van der Waals surface area contributed by atoms with Crippen LogP contribution in [0.25, 0.3) is 0 Å². The Labute approximate surface area is 144 Å². The monoisotopic (exact) mass is 332 g/mol. The lowest BCUT2D eigenvalue weighted by atomic mass is 10.1. The van der Waals surface area contributed by atoms with Gasteiger partial charge in [-0.05, 0) is 43.4 Å². The molecular weight excluding hydrogens is 304 g/mol. The van der Waals surface area contributed by atoms with Gasteiger partial charge in [0.25, 0.3) is 0 Å². The van der Waals surface area contributed by atoms with Gasteiger partial charge < -0.3 is 14.7 Å². The number of piperazine rings is 1. The van der Waals surface area contributed by atoms with Crippen LogP contribution >= 0.6 is 0 Å². The van der Waals surface area contributed by atoms with Gasteiger partial charge in [0.2, 0.25) is 5.91 Å². The Kier molecular flexibility index (Phi) is 5.41. The molecular formula is C19H28N2O3. The van der Waals surface area contributed by atoms with Gasteiger partial charge in [0, 0.05) is 32.2 Å². The van der Waals surface area contributed by atoms with Crippen molar-refractivity contribution in [1.82, 2.24) is 9.80 Å². The molecule has 2 fully saturated rings. The highest BCUT2D eigenvalue weighted by Crippen LogP contribution is 2.25. The first-order valence-corrected chi connectivity index (χ1v) is 8.92. The number of aryl methyl sites for hydroxylation is 1. The molecule has 1 amide bonds. The summed E-state index contributed by atoms with van der Waals surface area (Å²) in [5, 5.41) is 10.0. The van der Waals surface area contributed by atoms with Gasteiger partial charge >= 0.3 is 0 Å². The van der Waals surface area contributed by atoms with Crippen molar-refractivity contribution in [3.63, 3.8) is 0 Å². The molecule has 1 aromatic rings. The maximum absolute atomic E-state index is 12.6. The lowest BCUT2D eigenvalue weighted by molar-refractivity contribution is -0.132. The Balaban J connectivity index is 1.53. The molecule has 1 saturated carbocycles. The number of carbonyl (C=O) groups excluding carboxylic acids is 1. The number of hydrogen-bond donors (Lipinski definition) is 1. The summed E-state index contributed by atoms with van der Waals surface area (Å²) in [4.78, 5) is 16.9. The lowest BCUT2D eigenvalue weighted by Gasteiger charge is -2.39. The van der Waals surface area contributed by atoms with Crippen molar-refractivity contribution in [3.8, 4) is 5.75 Å². The van der Waals surface area contributed by atoms with E-state index >= 15 is 0 Å². The first-order chi connectivity index (χ1) is 11.6. The van der Waals surface area contributed by atoms with E-state index in [0.29, 0.717) is 12.5 Å². The highest BCUT2D eigenvalue weighted by Gasteiger charge is 2.33. The molecule has 0 unspecified atom stereocenters. The van der Waals surface area contributed by atoms with E-state index in [1.54, 1.807) is 7.11 Å². The van der Waals surface area contributed by atoms with E-state index in [0.717, 1.165) is 62.3 Å². The molecule has 1 saturated heterocycles. The van der Waals surface area contributed by atoms with Crippen LogP contribution in [0.2, 0.25) is 0 Å². The second-order valence-electron chi connectivity index (χ2n) is 6.96. The van der Waals surface area contributed by atoms with E-state index in [1.165, 1.54) is 0 Å². The molecule has 0 spiro atoms. The van der Waals surface area contributed by atoms with Gasteiger partial charge in [-0.2, -0.15) is 0 Å². The maximum Gasteiger partial charge on any atom is 0.227 e. The Morgan fingerprint density at radius 1 is 1.25 bits per heavy atom. The van der Waals surface area contributed by atoms with E-state index < -0.39 is 0 Å². The molecule has 1 aliphatic carbocycles. The van der Waals surface area contributed by atoms with Gasteiger partial charge in [0.15, 0.2) is 0 Å². The van der Waals surface area contributed by atoms with Gasteiger partial charge in [0.1, 0.15) is 5.75 Å². The van der Waals surface area contributed by atoms with Crippen LogP contribution in [0.1, 0.15) is 30.4 Å². The number of carbonyl (C=O) groups is 1. The number of nitrogens with zero attached hydrogens (tertiary/aromatic N) is 2. The molecule has 5 nitrogen and oxygen atoms in total. The van der Waals surface area contributed by atoms with Gasteiger partial charge in [0.05, 0.1) is 19.6 Å². The van der Waals surface area contributed by atoms with Gasteiger partial charge in [-0.15, -0.1) is 0 Å². The molecule has 1 aliphatic heterocycles. The van der Waals surface area contributed by atoms with Crippen LogP contribution in [0.15, 0.2) is 18.2 Å². The van der Waals surface area contributed by atoms with Crippen molar-refractivity contribution < 1.29 is 14.6 Å². The van der Waals surface area contributed by atoms with Gasteiger partial charge in [-0.25, -0.2) is 0 Å². The fraction of sp³-hybridized carbons (Fsp3) is 0.632. The minimum atomic E-state index is -0.188. The summed E-state index contributed by atoms with van der Waals surface area (Å²) in [7, 11) is 1.66. The first kappa shape index (κ1) is 17.2. The fourth-order valence-electron chi connectivity index (χ4n) is 3.91. The number of amides is 1. The molecule has 5 heteroatoms. The quantitative estimate of drug-likeness (QED) is 0.910. The third kappa shape index (κ3) is 3.73. The Bertz CT molecular complexity index is 582. The predicted octanol–water partition coefficient (Wildman–Crippen LogP) is 1.60. The number of benzene rings is 1. The zero-order chi connectivity index (χ0) is 17.1. The molecule has 2 aliphatic rings. The molecule has 132 valence electrons. The normalized spacial score (nSPS) is 25.0. The number of rotatable bonds is 4. The van der Waals surface area contributed by atoms with Gasteiger partial charge in [-0.3, -0.25) is 9.69 Å². The average Bonchev–Trinajstić information content (AvgIpc) is 3.02. The summed E-state index contributed by atoms with van der Waals surface area (Å²) in [5.41, 5.74) is 2.08. The number of ether oxygens (including phenoxy) is 1. The van der Waals surface area contributed by atoms with E-state index in [4.69, 9.17) is 4.74 Å². The highest BCUT2D eigenvalue weighted by molar-refractivity contribution is 5.79. The number of aliphatic hydroxyl groups excluding tert-OH is 1. The number of hydrogen-bond acceptors (Lipinski definition) is 4. The summed E-state index contributed by atoms with van der Waals surface area (Å²) in [6.07, 6.45) is 3.34. The largest absolute Gasteiger partial charge is 0.496 e. The molecule has 1 heterocycles. The Morgan fingerprint density at radius 2 is 2.00 bits per heavy atom. The molecule has 2 atom stereocenters. The van der Waals surface area contributed by atoms with E-state index in [2.05, 4.69) is 4.90 Å². The zero-order valence-electron chi connectivity index (χ0n) is 14.7. The van der Waals surface area contributed by atoms with Crippen LogP contribution in [0.5, 0.6) is 5.75 Å². The summed E-state index contributed by atoms with van der Waals surface area (Å²) >= 11 is 0. The van der Waals surface area contributed by atoms with Crippen LogP contribution in [0.4, 0.5) is 0 Å². The van der Waals surface area contributed by atoms with Crippen LogP contribution in [0, 0.1) is 6.92 Å². The first-order valence-electron chi connectivity index (χ1n) is 8.92. The van der Waals surface area contributed by atoms with Crippen molar-refractivity contribution >= 4 is 5.91 Å². The zero-order valence-corrected chi connectivity index (χ0v) is 14.7. The lowest BCUT2D eigenvalue weighted by Crippen LogP contribution is -2.53. The molecule has 1 N–H and O–H groups in total. The van der Waals surface area contributed by atoms with Crippen LogP contribution in [-0.4, -0.2) is 66.2 Å². The van der Waals surface area contributed by atoms with E-state index in [-0.39, 0.29) is 12.0 Å². The van der Waals surface area contributed by atoms with Crippen LogP contribution in [-0.2, 0) is 11.2 Å². The predicted molar refractivity (Wildman–Crippen MR) is 93.2 cm³/mol. The van der Waals surface area contributed by atoms with E-state index in [1.807, 2.05) is 30.0 Å². The third-order valence-corrected chi connectivity index (χ3v) is 5.41. The Morgan fingerprint density at radius 3 is 2.62 bits per heavy atom. The molecule has 3 rings (SSSR count). The van der Waals surface area contributed by atoms with Crippen molar-refractivity contribution in [1.29, 1.82) is 0 Å². The summed E-state index contributed by atoms with van der Waals surface area (Å²) < 4.78 is 5.34. The highest BCUT2D eigenvalue weighted by atomic mass is 16.5. The molecule has 24 heavy (non-hydrogen) atoms. The van der Waals surface area contributed by atoms with Crippen molar-refractivity contribution in [2.75, 3.05) is 33.3 Å². The second-order valence-corrected chi connectivity index (χ2v) is 6.96. The minimum absolute atomic E-state index is 0.174. The molecule has 0 bridgehead atoms. The standard InChI is InChI=1S/C19H28N2O3/c1-14-6-7-15(12-18(14)24-2)13-19(23)21-10-8-20(9-11-21)16-4-3-5-17(16)22/h6-7,12,16-17,22H,3-5,8-11,13H2,1-2H3/t16-,17-/m1/s1. The summed E-state index contributed by atoms with van der Waals surface area (Å²) in [5.74, 6) is 1.01. The van der Waals surface area contributed by atoms with Crippen molar-refractivity contribution in [2.24, 2.45) is 0 Å². The smallest absolute Gasteiger partial charge is 0.227 e. The summed E-state index contributed by atoms with van der Waals surface area (Å²) in [6, 6.07) is 6.25. The van der Waals surface area contributed by atoms with Crippen LogP contribution < -0.4 is 4.74 Å². The van der Waals surface area contributed by atoms with Crippen LogP contribution in [0.3, 0.4) is 0 Å². The SMILES string of the molecule is COc1cc(CC(=O)N2CCN([C@@H]3CCC[C@H]3O)CC2)ccc1C. The second kappa shape index (κ2) is 7.53. The van der Waals surface area contributed by atoms with Crippen molar-refractivity contribution in [3.05, 3.63) is 29.3 Å². The molecule has 0 radical (unpaired) electrons. The third-order valence-electron chi connectivity index (χ3n) is 5.41. The average molecular weight is 332 g/mol. The maximum atomic E-state index is 12.6. The fourth-order valence-corrected chi connectivity index (χ4v) is 3.91. The molecule has 1 aromatic carbocycles.